The second kappa shape index (κ2) is 9.93. The second-order valence-corrected chi connectivity index (χ2v) is 5.76. The molecule has 0 aliphatic heterocycles. The minimum absolute atomic E-state index is 0.0951. The SMILES string of the molecule is CCCCCCCCCC(NC)c1ccc(C)c(F)c1. The summed E-state index contributed by atoms with van der Waals surface area (Å²) in [7, 11) is 1.96. The predicted molar refractivity (Wildman–Crippen MR) is 85.5 cm³/mol. The molecule has 1 N–H and O–H groups in total. The molecule has 20 heavy (non-hydrogen) atoms. The van der Waals surface area contributed by atoms with Gasteiger partial charge in [-0.1, -0.05) is 64.0 Å². The maximum atomic E-state index is 13.6. The molecule has 114 valence electrons. The van der Waals surface area contributed by atoms with E-state index in [0.29, 0.717) is 0 Å². The minimum Gasteiger partial charge on any atom is -0.313 e. The quantitative estimate of drug-likeness (QED) is 0.555. The van der Waals surface area contributed by atoms with Crippen molar-refractivity contribution >= 4 is 0 Å². The molecule has 1 rings (SSSR count). The molecular weight excluding hydrogens is 249 g/mol. The van der Waals surface area contributed by atoms with E-state index in [-0.39, 0.29) is 11.9 Å². The summed E-state index contributed by atoms with van der Waals surface area (Å²) in [4.78, 5) is 0. The Kier molecular flexibility index (Phi) is 8.52. The largest absolute Gasteiger partial charge is 0.313 e. The van der Waals surface area contributed by atoms with Crippen LogP contribution >= 0.6 is 0 Å². The van der Waals surface area contributed by atoms with Gasteiger partial charge in [0.25, 0.3) is 0 Å². The van der Waals surface area contributed by atoms with Gasteiger partial charge in [0.15, 0.2) is 0 Å². The van der Waals surface area contributed by atoms with Gasteiger partial charge in [-0.05, 0) is 37.6 Å². The number of hydrogen-bond acceptors (Lipinski definition) is 1. The van der Waals surface area contributed by atoms with Crippen molar-refractivity contribution < 1.29 is 4.39 Å². The fourth-order valence-electron chi connectivity index (χ4n) is 2.61. The van der Waals surface area contributed by atoms with Gasteiger partial charge in [-0.3, -0.25) is 0 Å². The first kappa shape index (κ1) is 17.2. The third kappa shape index (κ3) is 6.04. The Bertz CT molecular complexity index is 376. The Morgan fingerprint density at radius 2 is 1.70 bits per heavy atom. The van der Waals surface area contributed by atoms with E-state index in [1.165, 1.54) is 44.9 Å². The first-order valence-electron chi connectivity index (χ1n) is 8.12. The first-order chi connectivity index (χ1) is 9.69. The van der Waals surface area contributed by atoms with E-state index in [4.69, 9.17) is 0 Å². The highest BCUT2D eigenvalue weighted by Crippen LogP contribution is 2.22. The number of halogens is 1. The molecule has 0 aliphatic carbocycles. The van der Waals surface area contributed by atoms with Gasteiger partial charge < -0.3 is 5.32 Å². The molecule has 1 aromatic carbocycles. The number of unbranched alkanes of at least 4 members (excludes halogenated alkanes) is 6. The van der Waals surface area contributed by atoms with E-state index in [9.17, 15) is 4.39 Å². The van der Waals surface area contributed by atoms with Crippen LogP contribution in [0.4, 0.5) is 4.39 Å². The van der Waals surface area contributed by atoms with Crippen LogP contribution in [-0.4, -0.2) is 7.05 Å². The van der Waals surface area contributed by atoms with E-state index in [2.05, 4.69) is 12.2 Å². The number of aryl methyl sites for hydroxylation is 1. The number of benzene rings is 1. The number of nitrogens with one attached hydrogen (secondary N) is 1. The molecule has 0 spiro atoms. The van der Waals surface area contributed by atoms with Gasteiger partial charge >= 0.3 is 0 Å². The lowest BCUT2D eigenvalue weighted by Crippen LogP contribution is -2.16. The molecule has 0 aromatic heterocycles. The van der Waals surface area contributed by atoms with E-state index < -0.39 is 0 Å². The van der Waals surface area contributed by atoms with Crippen LogP contribution in [0.15, 0.2) is 18.2 Å². The van der Waals surface area contributed by atoms with Crippen LogP contribution in [0.2, 0.25) is 0 Å². The Morgan fingerprint density at radius 1 is 1.05 bits per heavy atom. The predicted octanol–water partition coefficient (Wildman–Crippen LogP) is 5.54. The zero-order chi connectivity index (χ0) is 14.8. The summed E-state index contributed by atoms with van der Waals surface area (Å²) in [6.07, 6.45) is 10.3. The first-order valence-corrected chi connectivity index (χ1v) is 8.12. The lowest BCUT2D eigenvalue weighted by molar-refractivity contribution is 0.493. The van der Waals surface area contributed by atoms with Crippen molar-refractivity contribution in [2.75, 3.05) is 7.05 Å². The van der Waals surface area contributed by atoms with Crippen LogP contribution in [0.3, 0.4) is 0 Å². The third-order valence-corrected chi connectivity index (χ3v) is 4.04. The maximum Gasteiger partial charge on any atom is 0.126 e. The van der Waals surface area contributed by atoms with Crippen LogP contribution in [0, 0.1) is 12.7 Å². The summed E-state index contributed by atoms with van der Waals surface area (Å²) in [5, 5.41) is 3.31. The summed E-state index contributed by atoms with van der Waals surface area (Å²) in [5.41, 5.74) is 1.79. The molecule has 0 radical (unpaired) electrons. The van der Waals surface area contributed by atoms with Crippen molar-refractivity contribution in [3.8, 4) is 0 Å². The topological polar surface area (TPSA) is 12.0 Å². The maximum absolute atomic E-state index is 13.6. The average molecular weight is 279 g/mol. The zero-order valence-corrected chi connectivity index (χ0v) is 13.3. The van der Waals surface area contributed by atoms with Gasteiger partial charge in [-0.2, -0.15) is 0 Å². The number of rotatable bonds is 10. The molecule has 1 nitrogen and oxygen atoms in total. The van der Waals surface area contributed by atoms with Gasteiger partial charge in [0.05, 0.1) is 0 Å². The van der Waals surface area contributed by atoms with Gasteiger partial charge in [0, 0.05) is 6.04 Å². The highest BCUT2D eigenvalue weighted by atomic mass is 19.1. The molecule has 0 bridgehead atoms. The molecule has 0 saturated carbocycles. The van der Waals surface area contributed by atoms with Gasteiger partial charge in [-0.25, -0.2) is 4.39 Å². The van der Waals surface area contributed by atoms with Crippen LogP contribution in [0.5, 0.6) is 0 Å². The molecule has 1 atom stereocenters. The van der Waals surface area contributed by atoms with E-state index in [1.807, 2.05) is 26.1 Å². The molecule has 0 heterocycles. The van der Waals surface area contributed by atoms with Crippen LogP contribution in [-0.2, 0) is 0 Å². The Balaban J connectivity index is 2.30. The molecule has 2 heteroatoms. The van der Waals surface area contributed by atoms with Crippen molar-refractivity contribution in [3.05, 3.63) is 35.1 Å². The minimum atomic E-state index is -0.0951. The Labute approximate surface area is 124 Å². The lowest BCUT2D eigenvalue weighted by Gasteiger charge is -2.17. The summed E-state index contributed by atoms with van der Waals surface area (Å²) < 4.78 is 13.6. The summed E-state index contributed by atoms with van der Waals surface area (Å²) in [6, 6.07) is 5.87. The zero-order valence-electron chi connectivity index (χ0n) is 13.3. The highest BCUT2D eigenvalue weighted by Gasteiger charge is 2.10. The van der Waals surface area contributed by atoms with Crippen molar-refractivity contribution in [1.82, 2.24) is 5.32 Å². The standard InChI is InChI=1S/C18H30FN/c1-4-5-6-7-8-9-10-11-18(20-3)16-13-12-15(2)17(19)14-16/h12-14,18,20H,4-11H2,1-3H3. The monoisotopic (exact) mass is 279 g/mol. The fourth-order valence-corrected chi connectivity index (χ4v) is 2.61. The van der Waals surface area contributed by atoms with Crippen LogP contribution in [0.25, 0.3) is 0 Å². The van der Waals surface area contributed by atoms with E-state index >= 15 is 0 Å². The fraction of sp³-hybridized carbons (Fsp3) is 0.667. The highest BCUT2D eigenvalue weighted by molar-refractivity contribution is 5.25. The number of hydrogen-bond donors (Lipinski definition) is 1. The Hall–Kier alpha value is -0.890. The van der Waals surface area contributed by atoms with Gasteiger partial charge in [0.2, 0.25) is 0 Å². The van der Waals surface area contributed by atoms with E-state index in [1.54, 1.807) is 6.07 Å². The van der Waals surface area contributed by atoms with Crippen LogP contribution < -0.4 is 5.32 Å². The molecule has 0 aliphatic rings. The van der Waals surface area contributed by atoms with Crippen LogP contribution in [0.1, 0.15) is 75.5 Å². The second-order valence-electron chi connectivity index (χ2n) is 5.76. The van der Waals surface area contributed by atoms with Crippen molar-refractivity contribution in [2.45, 2.75) is 71.3 Å². The summed E-state index contributed by atoms with van der Waals surface area (Å²) >= 11 is 0. The lowest BCUT2D eigenvalue weighted by atomic mass is 9.98. The molecule has 0 fully saturated rings. The normalized spacial score (nSPS) is 12.6. The van der Waals surface area contributed by atoms with E-state index in [0.717, 1.165) is 17.5 Å². The summed E-state index contributed by atoms with van der Waals surface area (Å²) in [6.45, 7) is 4.06. The van der Waals surface area contributed by atoms with Crippen molar-refractivity contribution in [1.29, 1.82) is 0 Å². The molecule has 1 aromatic rings. The summed E-state index contributed by atoms with van der Waals surface area (Å²) in [5.74, 6) is -0.0951. The van der Waals surface area contributed by atoms with Crippen molar-refractivity contribution in [3.63, 3.8) is 0 Å². The molecule has 0 saturated heterocycles. The average Bonchev–Trinajstić information content (AvgIpc) is 2.45. The van der Waals surface area contributed by atoms with Crippen molar-refractivity contribution in [2.24, 2.45) is 0 Å². The van der Waals surface area contributed by atoms with Gasteiger partial charge in [0.1, 0.15) is 5.82 Å². The Morgan fingerprint density at radius 3 is 2.30 bits per heavy atom. The van der Waals surface area contributed by atoms with Gasteiger partial charge in [-0.15, -0.1) is 0 Å². The smallest absolute Gasteiger partial charge is 0.126 e. The molecule has 0 amide bonds. The third-order valence-electron chi connectivity index (χ3n) is 4.04. The molecular formula is C18H30FN. The molecule has 1 unspecified atom stereocenters.